The minimum atomic E-state index is 0.468. The van der Waals surface area contributed by atoms with Crippen molar-refractivity contribution in [3.63, 3.8) is 0 Å². The number of nitrogens with zero attached hydrogens (tertiary/aromatic N) is 1. The maximum absolute atomic E-state index is 3.80. The van der Waals surface area contributed by atoms with Gasteiger partial charge >= 0.3 is 0 Å². The number of hydrogen-bond donors (Lipinski definition) is 1. The SMILES string of the molecule is CCC1(N2CC(C(C)C)NCC2c2ccccc2)CCC1. The van der Waals surface area contributed by atoms with Crippen molar-refractivity contribution in [2.24, 2.45) is 5.92 Å². The molecule has 2 heteroatoms. The Labute approximate surface area is 129 Å². The molecule has 3 rings (SSSR count). The fourth-order valence-corrected chi connectivity index (χ4v) is 4.15. The molecule has 0 spiro atoms. The van der Waals surface area contributed by atoms with Gasteiger partial charge in [0.15, 0.2) is 0 Å². The molecule has 0 bridgehead atoms. The van der Waals surface area contributed by atoms with Crippen molar-refractivity contribution < 1.29 is 0 Å². The number of rotatable bonds is 4. The molecule has 2 atom stereocenters. The predicted octanol–water partition coefficient (Wildman–Crippen LogP) is 3.99. The Kier molecular flexibility index (Phi) is 4.37. The second-order valence-corrected chi connectivity index (χ2v) is 7.27. The molecule has 1 saturated carbocycles. The Morgan fingerprint density at radius 2 is 1.95 bits per heavy atom. The first-order chi connectivity index (χ1) is 10.2. The van der Waals surface area contributed by atoms with Gasteiger partial charge in [0.1, 0.15) is 0 Å². The minimum Gasteiger partial charge on any atom is -0.311 e. The van der Waals surface area contributed by atoms with E-state index in [1.165, 1.54) is 37.8 Å². The first kappa shape index (κ1) is 15.1. The molecule has 21 heavy (non-hydrogen) atoms. The van der Waals surface area contributed by atoms with E-state index in [4.69, 9.17) is 0 Å². The molecule has 1 aliphatic heterocycles. The van der Waals surface area contributed by atoms with E-state index in [1.807, 2.05) is 0 Å². The van der Waals surface area contributed by atoms with Crippen LogP contribution in [0.1, 0.15) is 58.1 Å². The summed E-state index contributed by atoms with van der Waals surface area (Å²) < 4.78 is 0. The van der Waals surface area contributed by atoms with Crippen LogP contribution in [-0.4, -0.2) is 29.6 Å². The monoisotopic (exact) mass is 286 g/mol. The zero-order chi connectivity index (χ0) is 14.9. The molecule has 1 aliphatic carbocycles. The van der Waals surface area contributed by atoms with Crippen molar-refractivity contribution in [2.75, 3.05) is 13.1 Å². The van der Waals surface area contributed by atoms with Crippen molar-refractivity contribution in [1.82, 2.24) is 10.2 Å². The molecule has 1 saturated heterocycles. The Morgan fingerprint density at radius 3 is 2.48 bits per heavy atom. The molecule has 2 unspecified atom stereocenters. The lowest BCUT2D eigenvalue weighted by atomic mass is 9.71. The summed E-state index contributed by atoms with van der Waals surface area (Å²) >= 11 is 0. The van der Waals surface area contributed by atoms with Crippen LogP contribution >= 0.6 is 0 Å². The molecule has 0 amide bonds. The van der Waals surface area contributed by atoms with Crippen LogP contribution in [0.15, 0.2) is 30.3 Å². The highest BCUT2D eigenvalue weighted by Gasteiger charge is 2.46. The van der Waals surface area contributed by atoms with E-state index in [0.29, 0.717) is 23.5 Å². The van der Waals surface area contributed by atoms with Crippen molar-refractivity contribution in [1.29, 1.82) is 0 Å². The second-order valence-electron chi connectivity index (χ2n) is 7.27. The Bertz CT molecular complexity index is 444. The van der Waals surface area contributed by atoms with Gasteiger partial charge in [-0.1, -0.05) is 51.1 Å². The second kappa shape index (κ2) is 6.10. The Morgan fingerprint density at radius 1 is 1.24 bits per heavy atom. The summed E-state index contributed by atoms with van der Waals surface area (Å²) in [5, 5.41) is 3.80. The number of nitrogens with one attached hydrogen (secondary N) is 1. The molecule has 1 aromatic carbocycles. The summed E-state index contributed by atoms with van der Waals surface area (Å²) in [5.74, 6) is 0.707. The molecule has 1 aromatic rings. The van der Waals surface area contributed by atoms with Crippen molar-refractivity contribution >= 4 is 0 Å². The lowest BCUT2D eigenvalue weighted by Crippen LogP contribution is -2.64. The van der Waals surface area contributed by atoms with E-state index in [9.17, 15) is 0 Å². The van der Waals surface area contributed by atoms with E-state index in [2.05, 4.69) is 61.3 Å². The number of benzene rings is 1. The van der Waals surface area contributed by atoms with Crippen LogP contribution in [0.5, 0.6) is 0 Å². The normalized spacial score (nSPS) is 29.3. The lowest BCUT2D eigenvalue weighted by Gasteiger charge is -2.57. The van der Waals surface area contributed by atoms with Crippen LogP contribution in [0.2, 0.25) is 0 Å². The molecule has 2 fully saturated rings. The van der Waals surface area contributed by atoms with Gasteiger partial charge in [-0.05, 0) is 37.2 Å². The average molecular weight is 286 g/mol. The Balaban J connectivity index is 1.87. The van der Waals surface area contributed by atoms with E-state index in [0.717, 1.165) is 6.54 Å². The van der Waals surface area contributed by atoms with Gasteiger partial charge in [-0.25, -0.2) is 0 Å². The van der Waals surface area contributed by atoms with Gasteiger partial charge in [-0.15, -0.1) is 0 Å². The van der Waals surface area contributed by atoms with Gasteiger partial charge < -0.3 is 5.32 Å². The number of hydrogen-bond acceptors (Lipinski definition) is 2. The number of piperazine rings is 1. The largest absolute Gasteiger partial charge is 0.311 e. The molecule has 0 aromatic heterocycles. The van der Waals surface area contributed by atoms with Crippen LogP contribution in [-0.2, 0) is 0 Å². The zero-order valence-electron chi connectivity index (χ0n) is 13.8. The van der Waals surface area contributed by atoms with Crippen LogP contribution in [0, 0.1) is 5.92 Å². The summed E-state index contributed by atoms with van der Waals surface area (Å²) in [6.07, 6.45) is 5.47. The highest BCUT2D eigenvalue weighted by Crippen LogP contribution is 2.45. The molecule has 2 aliphatic rings. The smallest absolute Gasteiger partial charge is 0.0478 e. The predicted molar refractivity (Wildman–Crippen MR) is 89.4 cm³/mol. The summed E-state index contributed by atoms with van der Waals surface area (Å²) in [7, 11) is 0. The standard InChI is InChI=1S/C19H30N2/c1-4-19(11-8-12-19)21-14-17(15(2)3)20-13-18(21)16-9-6-5-7-10-16/h5-7,9-10,15,17-18,20H,4,8,11-14H2,1-3H3. The fourth-order valence-electron chi connectivity index (χ4n) is 4.15. The van der Waals surface area contributed by atoms with Gasteiger partial charge in [0.25, 0.3) is 0 Å². The summed E-state index contributed by atoms with van der Waals surface area (Å²) in [4.78, 5) is 2.85. The van der Waals surface area contributed by atoms with Crippen LogP contribution in [0.25, 0.3) is 0 Å². The average Bonchev–Trinajstić information content (AvgIpc) is 2.47. The maximum Gasteiger partial charge on any atom is 0.0478 e. The zero-order valence-corrected chi connectivity index (χ0v) is 13.8. The van der Waals surface area contributed by atoms with E-state index in [1.54, 1.807) is 0 Å². The molecule has 2 nitrogen and oxygen atoms in total. The third kappa shape index (κ3) is 2.76. The summed E-state index contributed by atoms with van der Waals surface area (Å²) in [5.41, 5.74) is 1.95. The quantitative estimate of drug-likeness (QED) is 0.900. The van der Waals surface area contributed by atoms with Crippen molar-refractivity contribution in [2.45, 2.75) is 64.1 Å². The van der Waals surface area contributed by atoms with Gasteiger partial charge in [0.2, 0.25) is 0 Å². The van der Waals surface area contributed by atoms with Gasteiger partial charge in [0, 0.05) is 30.7 Å². The van der Waals surface area contributed by atoms with E-state index >= 15 is 0 Å². The van der Waals surface area contributed by atoms with Crippen molar-refractivity contribution in [3.8, 4) is 0 Å². The van der Waals surface area contributed by atoms with Gasteiger partial charge in [-0.3, -0.25) is 4.90 Å². The molecule has 116 valence electrons. The summed E-state index contributed by atoms with van der Waals surface area (Å²) in [6.45, 7) is 9.36. The van der Waals surface area contributed by atoms with E-state index < -0.39 is 0 Å². The third-order valence-corrected chi connectivity index (χ3v) is 5.88. The third-order valence-electron chi connectivity index (χ3n) is 5.88. The van der Waals surface area contributed by atoms with E-state index in [-0.39, 0.29) is 0 Å². The first-order valence-corrected chi connectivity index (χ1v) is 8.71. The van der Waals surface area contributed by atoms with Crippen LogP contribution < -0.4 is 5.32 Å². The van der Waals surface area contributed by atoms with Crippen molar-refractivity contribution in [3.05, 3.63) is 35.9 Å². The van der Waals surface area contributed by atoms with Gasteiger partial charge in [0.05, 0.1) is 0 Å². The Hall–Kier alpha value is -0.860. The first-order valence-electron chi connectivity index (χ1n) is 8.71. The molecular formula is C19H30N2. The lowest BCUT2D eigenvalue weighted by molar-refractivity contribution is -0.0493. The van der Waals surface area contributed by atoms with Crippen LogP contribution in [0.3, 0.4) is 0 Å². The van der Waals surface area contributed by atoms with Gasteiger partial charge in [-0.2, -0.15) is 0 Å². The molecule has 1 N–H and O–H groups in total. The topological polar surface area (TPSA) is 15.3 Å². The molecular weight excluding hydrogens is 256 g/mol. The maximum atomic E-state index is 3.80. The summed E-state index contributed by atoms with van der Waals surface area (Å²) in [6, 6.07) is 12.3. The minimum absolute atomic E-state index is 0.468. The fraction of sp³-hybridized carbons (Fsp3) is 0.684. The molecule has 0 radical (unpaired) electrons. The highest BCUT2D eigenvalue weighted by atomic mass is 15.3. The van der Waals surface area contributed by atoms with Crippen LogP contribution in [0.4, 0.5) is 0 Å². The highest BCUT2D eigenvalue weighted by molar-refractivity contribution is 5.22. The molecule has 1 heterocycles.